The van der Waals surface area contributed by atoms with Crippen LogP contribution < -0.4 is 9.46 Å². The fraction of sp³-hybridized carbons (Fsp3) is 0.312. The molecule has 0 radical (unpaired) electrons. The smallest absolute Gasteiger partial charge is 0.265 e. The van der Waals surface area contributed by atoms with Crippen LogP contribution in [-0.2, 0) is 10.0 Å². The van der Waals surface area contributed by atoms with Gasteiger partial charge in [0.2, 0.25) is 0 Å². The number of anilines is 1. The van der Waals surface area contributed by atoms with E-state index in [0.29, 0.717) is 11.4 Å². The van der Waals surface area contributed by atoms with Crippen LogP contribution in [-0.4, -0.2) is 20.5 Å². The molecule has 2 rings (SSSR count). The van der Waals surface area contributed by atoms with Crippen molar-refractivity contribution in [2.45, 2.75) is 31.6 Å². The van der Waals surface area contributed by atoms with Gasteiger partial charge < -0.3 is 4.74 Å². The SMILES string of the molecule is COc1cc(C)c(C(C)C)cc1S(=O)(=O)Nc1cccnc1. The third kappa shape index (κ3) is 3.39. The van der Waals surface area contributed by atoms with E-state index in [2.05, 4.69) is 9.71 Å². The van der Waals surface area contributed by atoms with E-state index in [0.717, 1.165) is 11.1 Å². The second-order valence-corrected chi connectivity index (χ2v) is 7.01. The monoisotopic (exact) mass is 320 g/mol. The largest absolute Gasteiger partial charge is 0.495 e. The van der Waals surface area contributed by atoms with Gasteiger partial charge in [-0.25, -0.2) is 8.42 Å². The van der Waals surface area contributed by atoms with Crippen LogP contribution in [0, 0.1) is 6.92 Å². The number of hydrogen-bond acceptors (Lipinski definition) is 4. The van der Waals surface area contributed by atoms with Crippen LogP contribution in [0.5, 0.6) is 5.75 Å². The Kier molecular flexibility index (Phi) is 4.71. The average molecular weight is 320 g/mol. The average Bonchev–Trinajstić information content (AvgIpc) is 2.46. The van der Waals surface area contributed by atoms with Crippen molar-refractivity contribution in [3.05, 3.63) is 47.8 Å². The first kappa shape index (κ1) is 16.3. The molecule has 0 aliphatic carbocycles. The lowest BCUT2D eigenvalue weighted by atomic mass is 9.98. The quantitative estimate of drug-likeness (QED) is 0.917. The molecular formula is C16H20N2O3S. The van der Waals surface area contributed by atoms with Crippen molar-refractivity contribution in [2.75, 3.05) is 11.8 Å². The normalized spacial score (nSPS) is 11.5. The molecular weight excluding hydrogens is 300 g/mol. The first-order valence-corrected chi connectivity index (χ1v) is 8.45. The summed E-state index contributed by atoms with van der Waals surface area (Å²) in [6.45, 7) is 6.00. The van der Waals surface area contributed by atoms with Gasteiger partial charge in [0.25, 0.3) is 10.0 Å². The number of methoxy groups -OCH3 is 1. The van der Waals surface area contributed by atoms with Gasteiger partial charge in [0.05, 0.1) is 19.0 Å². The summed E-state index contributed by atoms with van der Waals surface area (Å²) in [6, 6.07) is 6.75. The zero-order valence-electron chi connectivity index (χ0n) is 13.1. The number of nitrogens with one attached hydrogen (secondary N) is 1. The number of hydrogen-bond donors (Lipinski definition) is 1. The molecule has 5 nitrogen and oxygen atoms in total. The maximum atomic E-state index is 12.6. The molecule has 6 heteroatoms. The number of pyridine rings is 1. The second-order valence-electron chi connectivity index (χ2n) is 5.36. The number of nitrogens with zero attached hydrogens (tertiary/aromatic N) is 1. The van der Waals surface area contributed by atoms with Gasteiger partial charge in [0.15, 0.2) is 0 Å². The molecule has 0 saturated carbocycles. The molecule has 0 saturated heterocycles. The Bertz CT molecular complexity index is 756. The molecule has 1 aromatic heterocycles. The van der Waals surface area contributed by atoms with Crippen molar-refractivity contribution in [1.29, 1.82) is 0 Å². The Morgan fingerprint density at radius 3 is 2.55 bits per heavy atom. The summed E-state index contributed by atoms with van der Waals surface area (Å²) >= 11 is 0. The molecule has 1 heterocycles. The highest BCUT2D eigenvalue weighted by atomic mass is 32.2. The topological polar surface area (TPSA) is 68.3 Å². The first-order valence-electron chi connectivity index (χ1n) is 6.96. The van der Waals surface area contributed by atoms with E-state index in [-0.39, 0.29) is 10.8 Å². The molecule has 0 unspecified atom stereocenters. The zero-order chi connectivity index (χ0) is 16.3. The maximum absolute atomic E-state index is 12.6. The van der Waals surface area contributed by atoms with Crippen molar-refractivity contribution >= 4 is 15.7 Å². The van der Waals surface area contributed by atoms with Crippen molar-refractivity contribution in [1.82, 2.24) is 4.98 Å². The molecule has 1 N–H and O–H groups in total. The molecule has 0 atom stereocenters. The first-order chi connectivity index (χ1) is 10.3. The van der Waals surface area contributed by atoms with Crippen LogP contribution >= 0.6 is 0 Å². The summed E-state index contributed by atoms with van der Waals surface area (Å²) in [5.41, 5.74) is 2.40. The summed E-state index contributed by atoms with van der Waals surface area (Å²) in [4.78, 5) is 4.04. The lowest BCUT2D eigenvalue weighted by Gasteiger charge is -2.16. The third-order valence-corrected chi connectivity index (χ3v) is 4.78. The highest BCUT2D eigenvalue weighted by Gasteiger charge is 2.22. The summed E-state index contributed by atoms with van der Waals surface area (Å²) in [5.74, 6) is 0.552. The van der Waals surface area contributed by atoms with Gasteiger partial charge in [-0.2, -0.15) is 0 Å². The van der Waals surface area contributed by atoms with E-state index in [1.807, 2.05) is 20.8 Å². The van der Waals surface area contributed by atoms with E-state index in [1.165, 1.54) is 13.3 Å². The van der Waals surface area contributed by atoms with Crippen LogP contribution in [0.1, 0.15) is 30.9 Å². The molecule has 0 aliphatic heterocycles. The third-order valence-electron chi connectivity index (χ3n) is 3.38. The summed E-state index contributed by atoms with van der Waals surface area (Å²) in [5, 5.41) is 0. The lowest BCUT2D eigenvalue weighted by Crippen LogP contribution is -2.15. The Morgan fingerprint density at radius 2 is 2.00 bits per heavy atom. The number of benzene rings is 1. The molecule has 118 valence electrons. The molecule has 0 aliphatic rings. The molecule has 0 bridgehead atoms. The van der Waals surface area contributed by atoms with Gasteiger partial charge in [-0.3, -0.25) is 9.71 Å². The van der Waals surface area contributed by atoms with E-state index in [9.17, 15) is 8.42 Å². The lowest BCUT2D eigenvalue weighted by molar-refractivity contribution is 0.402. The Hall–Kier alpha value is -2.08. The number of aromatic nitrogens is 1. The van der Waals surface area contributed by atoms with Gasteiger partial charge >= 0.3 is 0 Å². The number of aryl methyl sites for hydroxylation is 1. The Balaban J connectivity index is 2.52. The predicted octanol–water partition coefficient (Wildman–Crippen LogP) is 3.32. The predicted molar refractivity (Wildman–Crippen MR) is 86.9 cm³/mol. The number of ether oxygens (including phenoxy) is 1. The van der Waals surface area contributed by atoms with Gasteiger partial charge in [-0.15, -0.1) is 0 Å². The van der Waals surface area contributed by atoms with Crippen LogP contribution in [0.3, 0.4) is 0 Å². The van der Waals surface area contributed by atoms with Crippen LogP contribution in [0.4, 0.5) is 5.69 Å². The minimum absolute atomic E-state index is 0.133. The molecule has 2 aromatic rings. The molecule has 0 spiro atoms. The fourth-order valence-corrected chi connectivity index (χ4v) is 3.53. The van der Waals surface area contributed by atoms with Gasteiger partial charge in [-0.05, 0) is 48.2 Å². The number of rotatable bonds is 5. The molecule has 22 heavy (non-hydrogen) atoms. The van der Waals surface area contributed by atoms with Gasteiger partial charge in [0, 0.05) is 6.20 Å². The molecule has 0 amide bonds. The highest BCUT2D eigenvalue weighted by molar-refractivity contribution is 7.92. The van der Waals surface area contributed by atoms with Gasteiger partial charge in [0.1, 0.15) is 10.6 Å². The molecule has 1 aromatic carbocycles. The zero-order valence-corrected chi connectivity index (χ0v) is 13.9. The van der Waals surface area contributed by atoms with E-state index in [1.54, 1.807) is 30.5 Å². The standard InChI is InChI=1S/C16H20N2O3S/c1-11(2)14-9-16(15(21-4)8-12(14)3)22(19,20)18-13-6-5-7-17-10-13/h5-11,18H,1-4H3. The van der Waals surface area contributed by atoms with E-state index < -0.39 is 10.0 Å². The van der Waals surface area contributed by atoms with Crippen molar-refractivity contribution in [3.63, 3.8) is 0 Å². The minimum atomic E-state index is -3.74. The second kappa shape index (κ2) is 6.36. The molecule has 0 fully saturated rings. The van der Waals surface area contributed by atoms with Crippen molar-refractivity contribution in [3.8, 4) is 5.75 Å². The van der Waals surface area contributed by atoms with Crippen molar-refractivity contribution < 1.29 is 13.2 Å². The highest BCUT2D eigenvalue weighted by Crippen LogP contribution is 2.32. The number of sulfonamides is 1. The van der Waals surface area contributed by atoms with E-state index >= 15 is 0 Å². The van der Waals surface area contributed by atoms with Crippen LogP contribution in [0.25, 0.3) is 0 Å². The summed E-state index contributed by atoms with van der Waals surface area (Å²) in [7, 11) is -2.28. The Labute approximate surface area is 131 Å². The minimum Gasteiger partial charge on any atom is -0.495 e. The van der Waals surface area contributed by atoms with Crippen molar-refractivity contribution in [2.24, 2.45) is 0 Å². The van der Waals surface area contributed by atoms with Crippen LogP contribution in [0.15, 0.2) is 41.6 Å². The summed E-state index contributed by atoms with van der Waals surface area (Å²) in [6.07, 6.45) is 3.04. The van der Waals surface area contributed by atoms with Gasteiger partial charge in [-0.1, -0.05) is 13.8 Å². The maximum Gasteiger partial charge on any atom is 0.265 e. The van der Waals surface area contributed by atoms with E-state index in [4.69, 9.17) is 4.74 Å². The van der Waals surface area contributed by atoms with Crippen LogP contribution in [0.2, 0.25) is 0 Å². The summed E-state index contributed by atoms with van der Waals surface area (Å²) < 4.78 is 33.1. The Morgan fingerprint density at radius 1 is 1.27 bits per heavy atom. The fourth-order valence-electron chi connectivity index (χ4n) is 2.30.